The lowest BCUT2D eigenvalue weighted by molar-refractivity contribution is 0.0854. The number of hydrogen-bond donors (Lipinski definition) is 0. The minimum absolute atomic E-state index is 0.318. The third-order valence-corrected chi connectivity index (χ3v) is 4.33. The maximum atomic E-state index is 6.00. The van der Waals surface area contributed by atoms with E-state index < -0.39 is 0 Å². The van der Waals surface area contributed by atoms with Crippen LogP contribution in [0.15, 0.2) is 11.4 Å². The Morgan fingerprint density at radius 3 is 2.94 bits per heavy atom. The van der Waals surface area contributed by atoms with E-state index in [0.29, 0.717) is 11.3 Å². The van der Waals surface area contributed by atoms with Crippen LogP contribution in [0.25, 0.3) is 10.2 Å². The van der Waals surface area contributed by atoms with Crippen LogP contribution in [-0.2, 0) is 4.74 Å². The molecule has 0 unspecified atom stereocenters. The number of ether oxygens (including phenoxy) is 1. The molecule has 0 saturated carbocycles. The van der Waals surface area contributed by atoms with Gasteiger partial charge in [-0.15, -0.1) is 11.3 Å². The van der Waals surface area contributed by atoms with E-state index in [1.165, 1.54) is 0 Å². The standard InChI is InChI=1S/C12H14ClN3OS/c1-16(8-2-5-17-6-3-8)10-9-4-7-18-11(9)15-12(13)14-10/h4,7-8H,2-3,5-6H2,1H3. The van der Waals surface area contributed by atoms with Crippen molar-refractivity contribution in [3.8, 4) is 0 Å². The maximum Gasteiger partial charge on any atom is 0.225 e. The summed E-state index contributed by atoms with van der Waals surface area (Å²) in [5.74, 6) is 0.929. The van der Waals surface area contributed by atoms with Gasteiger partial charge < -0.3 is 9.64 Å². The first-order chi connectivity index (χ1) is 8.75. The molecule has 2 aromatic heterocycles. The fourth-order valence-corrected chi connectivity index (χ4v) is 3.30. The predicted molar refractivity (Wildman–Crippen MR) is 74.7 cm³/mol. The quantitative estimate of drug-likeness (QED) is 0.794. The Morgan fingerprint density at radius 1 is 1.39 bits per heavy atom. The van der Waals surface area contributed by atoms with E-state index in [1.54, 1.807) is 11.3 Å². The summed E-state index contributed by atoms with van der Waals surface area (Å²) in [6.07, 6.45) is 2.06. The van der Waals surface area contributed by atoms with Crippen molar-refractivity contribution in [2.75, 3.05) is 25.2 Å². The van der Waals surface area contributed by atoms with E-state index >= 15 is 0 Å². The Hall–Kier alpha value is -0.910. The molecule has 0 radical (unpaired) electrons. The van der Waals surface area contributed by atoms with Crippen LogP contribution >= 0.6 is 22.9 Å². The molecule has 0 atom stereocenters. The van der Waals surface area contributed by atoms with E-state index in [1.807, 2.05) is 5.38 Å². The first-order valence-corrected chi connectivity index (χ1v) is 7.23. The van der Waals surface area contributed by atoms with Crippen molar-refractivity contribution in [1.29, 1.82) is 0 Å². The van der Waals surface area contributed by atoms with Gasteiger partial charge in [0.2, 0.25) is 5.28 Å². The van der Waals surface area contributed by atoms with Crippen molar-refractivity contribution in [2.45, 2.75) is 18.9 Å². The zero-order valence-electron chi connectivity index (χ0n) is 10.1. The topological polar surface area (TPSA) is 38.2 Å². The SMILES string of the molecule is CN(c1nc(Cl)nc2sccc12)C1CCOCC1. The Labute approximate surface area is 115 Å². The van der Waals surface area contributed by atoms with Crippen LogP contribution in [0.2, 0.25) is 5.28 Å². The molecule has 0 N–H and O–H groups in total. The van der Waals surface area contributed by atoms with E-state index in [0.717, 1.165) is 42.1 Å². The first-order valence-electron chi connectivity index (χ1n) is 5.97. The molecule has 0 aromatic carbocycles. The Morgan fingerprint density at radius 2 is 2.17 bits per heavy atom. The molecular weight excluding hydrogens is 270 g/mol. The van der Waals surface area contributed by atoms with E-state index in [4.69, 9.17) is 16.3 Å². The molecule has 3 heterocycles. The molecule has 3 rings (SSSR count). The van der Waals surface area contributed by atoms with E-state index in [2.05, 4.69) is 28.0 Å². The normalized spacial score (nSPS) is 17.2. The van der Waals surface area contributed by atoms with Crippen LogP contribution in [0.3, 0.4) is 0 Å². The highest BCUT2D eigenvalue weighted by molar-refractivity contribution is 7.16. The van der Waals surface area contributed by atoms with Crippen molar-refractivity contribution >= 4 is 39.0 Å². The van der Waals surface area contributed by atoms with Gasteiger partial charge in [0.15, 0.2) is 0 Å². The van der Waals surface area contributed by atoms with Gasteiger partial charge in [-0.05, 0) is 35.9 Å². The number of rotatable bonds is 2. The predicted octanol–water partition coefficient (Wildman–Crippen LogP) is 2.96. The first kappa shape index (κ1) is 12.1. The third kappa shape index (κ3) is 2.18. The van der Waals surface area contributed by atoms with Gasteiger partial charge in [-0.1, -0.05) is 0 Å². The molecule has 96 valence electrons. The number of thiophene rings is 1. The van der Waals surface area contributed by atoms with Crippen molar-refractivity contribution in [3.63, 3.8) is 0 Å². The lowest BCUT2D eigenvalue weighted by atomic mass is 10.1. The molecule has 1 saturated heterocycles. The summed E-state index contributed by atoms with van der Waals surface area (Å²) in [6.45, 7) is 1.64. The molecule has 0 spiro atoms. The van der Waals surface area contributed by atoms with Gasteiger partial charge in [0.1, 0.15) is 10.6 Å². The summed E-state index contributed by atoms with van der Waals surface area (Å²) >= 11 is 7.59. The van der Waals surface area contributed by atoms with Crippen LogP contribution in [0.1, 0.15) is 12.8 Å². The fraction of sp³-hybridized carbons (Fsp3) is 0.500. The highest BCUT2D eigenvalue weighted by atomic mass is 35.5. The Bertz CT molecular complexity index is 553. The Balaban J connectivity index is 1.99. The third-order valence-electron chi connectivity index (χ3n) is 3.35. The van der Waals surface area contributed by atoms with E-state index in [9.17, 15) is 0 Å². The molecule has 0 amide bonds. The van der Waals surface area contributed by atoms with Crippen molar-refractivity contribution in [3.05, 3.63) is 16.7 Å². The van der Waals surface area contributed by atoms with Gasteiger partial charge in [0.25, 0.3) is 0 Å². The van der Waals surface area contributed by atoms with Crippen LogP contribution in [0.5, 0.6) is 0 Å². The van der Waals surface area contributed by atoms with Gasteiger partial charge in [-0.25, -0.2) is 4.98 Å². The second-order valence-corrected chi connectivity index (χ2v) is 5.64. The minimum Gasteiger partial charge on any atom is -0.381 e. The number of fused-ring (bicyclic) bond motifs is 1. The number of aromatic nitrogens is 2. The zero-order chi connectivity index (χ0) is 12.5. The molecule has 4 nitrogen and oxygen atoms in total. The number of nitrogens with zero attached hydrogens (tertiary/aromatic N) is 3. The molecule has 6 heteroatoms. The lowest BCUT2D eigenvalue weighted by Gasteiger charge is -2.32. The molecule has 2 aromatic rings. The summed E-state index contributed by atoms with van der Waals surface area (Å²) in [6, 6.07) is 2.52. The zero-order valence-corrected chi connectivity index (χ0v) is 11.7. The van der Waals surface area contributed by atoms with E-state index in [-0.39, 0.29) is 0 Å². The van der Waals surface area contributed by atoms with Crippen molar-refractivity contribution < 1.29 is 4.74 Å². The molecule has 1 fully saturated rings. The fourth-order valence-electron chi connectivity index (χ4n) is 2.33. The highest BCUT2D eigenvalue weighted by Gasteiger charge is 2.22. The van der Waals surface area contributed by atoms with Gasteiger partial charge in [0.05, 0.1) is 5.39 Å². The number of anilines is 1. The average Bonchev–Trinajstić information content (AvgIpc) is 2.86. The Kier molecular flexibility index (Phi) is 3.37. The summed E-state index contributed by atoms with van der Waals surface area (Å²) in [5, 5.41) is 3.43. The highest BCUT2D eigenvalue weighted by Crippen LogP contribution is 2.30. The summed E-state index contributed by atoms with van der Waals surface area (Å²) in [7, 11) is 2.08. The summed E-state index contributed by atoms with van der Waals surface area (Å²) < 4.78 is 5.40. The summed E-state index contributed by atoms with van der Waals surface area (Å²) in [5.41, 5.74) is 0. The summed E-state index contributed by atoms with van der Waals surface area (Å²) in [4.78, 5) is 11.8. The molecular formula is C12H14ClN3OS. The molecule has 18 heavy (non-hydrogen) atoms. The second kappa shape index (κ2) is 4.99. The van der Waals surface area contributed by atoms with Crippen molar-refractivity contribution in [1.82, 2.24) is 9.97 Å². The second-order valence-electron chi connectivity index (χ2n) is 4.41. The van der Waals surface area contributed by atoms with Gasteiger partial charge in [-0.2, -0.15) is 4.98 Å². The number of halogens is 1. The largest absolute Gasteiger partial charge is 0.381 e. The van der Waals surface area contributed by atoms with Crippen LogP contribution in [0, 0.1) is 0 Å². The maximum absolute atomic E-state index is 6.00. The van der Waals surface area contributed by atoms with Crippen LogP contribution in [-0.4, -0.2) is 36.3 Å². The molecule has 1 aliphatic heterocycles. The van der Waals surface area contributed by atoms with Crippen molar-refractivity contribution in [2.24, 2.45) is 0 Å². The monoisotopic (exact) mass is 283 g/mol. The van der Waals surface area contributed by atoms with Gasteiger partial charge >= 0.3 is 0 Å². The average molecular weight is 284 g/mol. The molecule has 0 bridgehead atoms. The van der Waals surface area contributed by atoms with Crippen LogP contribution in [0.4, 0.5) is 5.82 Å². The molecule has 0 aliphatic carbocycles. The molecule has 1 aliphatic rings. The smallest absolute Gasteiger partial charge is 0.225 e. The van der Waals surface area contributed by atoms with Crippen LogP contribution < -0.4 is 4.90 Å². The van der Waals surface area contributed by atoms with Gasteiger partial charge in [-0.3, -0.25) is 0 Å². The van der Waals surface area contributed by atoms with Gasteiger partial charge in [0, 0.05) is 26.3 Å². The lowest BCUT2D eigenvalue weighted by Crippen LogP contribution is -2.37. The minimum atomic E-state index is 0.318. The number of hydrogen-bond acceptors (Lipinski definition) is 5.